The predicted octanol–water partition coefficient (Wildman–Crippen LogP) is 3.18. The van der Waals surface area contributed by atoms with Crippen LogP contribution in [0.5, 0.6) is 0 Å². The molecule has 1 aliphatic carbocycles. The number of nitrogens with zero attached hydrogens (tertiary/aromatic N) is 3. The lowest BCUT2D eigenvalue weighted by Gasteiger charge is -2.28. The molecule has 2 atom stereocenters. The number of ether oxygens (including phenoxy) is 2. The number of carbonyl (C=O) groups is 1. The second-order valence-electron chi connectivity index (χ2n) is 8.09. The van der Waals surface area contributed by atoms with Crippen LogP contribution in [0.2, 0.25) is 0 Å². The van der Waals surface area contributed by atoms with E-state index in [-0.39, 0.29) is 16.7 Å². The standard InChI is InChI=1S/C22H24N4O4S/c1-29-21(27)17-7-6-16-20(24-17)26(11-15-8-9-30-15)19(23-16)10-13-2-4-14(5-3-13)18-12-31-22(28)25-18/h4,6-7,12-13,15H,2-3,5,8-11H2,1H3,(H,25,28)/t13?,15-/m0/s1. The van der Waals surface area contributed by atoms with Crippen LogP contribution in [-0.2, 0) is 22.4 Å². The van der Waals surface area contributed by atoms with Crippen LogP contribution < -0.4 is 4.87 Å². The van der Waals surface area contributed by atoms with Gasteiger partial charge in [0.15, 0.2) is 11.3 Å². The van der Waals surface area contributed by atoms with E-state index in [0.717, 1.165) is 55.7 Å². The summed E-state index contributed by atoms with van der Waals surface area (Å²) in [4.78, 5) is 35.7. The number of H-pyrrole nitrogens is 1. The molecular weight excluding hydrogens is 416 g/mol. The Balaban J connectivity index is 1.40. The molecular formula is C22H24N4O4S. The monoisotopic (exact) mass is 440 g/mol. The zero-order valence-electron chi connectivity index (χ0n) is 17.3. The highest BCUT2D eigenvalue weighted by Crippen LogP contribution is 2.32. The molecule has 31 heavy (non-hydrogen) atoms. The lowest BCUT2D eigenvalue weighted by molar-refractivity contribution is -0.0591. The van der Waals surface area contributed by atoms with Gasteiger partial charge in [0.05, 0.1) is 25.5 Å². The summed E-state index contributed by atoms with van der Waals surface area (Å²) in [5, 5.41) is 1.90. The molecule has 9 heteroatoms. The molecule has 0 amide bonds. The van der Waals surface area contributed by atoms with E-state index in [9.17, 15) is 9.59 Å². The van der Waals surface area contributed by atoms with Gasteiger partial charge >= 0.3 is 10.8 Å². The number of rotatable bonds is 6. The molecule has 2 aliphatic rings. The predicted molar refractivity (Wildman–Crippen MR) is 117 cm³/mol. The molecule has 0 aromatic carbocycles. The fraction of sp³-hybridized carbons (Fsp3) is 0.455. The molecule has 1 aliphatic heterocycles. The average molecular weight is 441 g/mol. The van der Waals surface area contributed by atoms with Crippen molar-refractivity contribution in [3.63, 3.8) is 0 Å². The van der Waals surface area contributed by atoms with Crippen molar-refractivity contribution < 1.29 is 14.3 Å². The Morgan fingerprint density at radius 1 is 1.35 bits per heavy atom. The zero-order valence-corrected chi connectivity index (χ0v) is 18.1. The van der Waals surface area contributed by atoms with Crippen molar-refractivity contribution >= 4 is 34.0 Å². The molecule has 162 valence electrons. The number of imidazole rings is 1. The number of fused-ring (bicyclic) bond motifs is 1. The molecule has 3 aromatic rings. The van der Waals surface area contributed by atoms with Crippen LogP contribution in [0.1, 0.15) is 47.7 Å². The fourth-order valence-corrected chi connectivity index (χ4v) is 4.86. The van der Waals surface area contributed by atoms with Gasteiger partial charge in [-0.25, -0.2) is 14.8 Å². The number of allylic oxidation sites excluding steroid dienone is 2. The Hall–Kier alpha value is -2.78. The number of methoxy groups -OCH3 is 1. The highest BCUT2D eigenvalue weighted by Gasteiger charge is 2.25. The fourth-order valence-electron chi connectivity index (χ4n) is 4.26. The molecule has 1 N–H and O–H groups in total. The first-order valence-corrected chi connectivity index (χ1v) is 11.4. The summed E-state index contributed by atoms with van der Waals surface area (Å²) >= 11 is 1.21. The molecule has 8 nitrogen and oxygen atoms in total. The summed E-state index contributed by atoms with van der Waals surface area (Å²) < 4.78 is 12.6. The normalized spacial score (nSPS) is 21.0. The van der Waals surface area contributed by atoms with E-state index < -0.39 is 5.97 Å². The Kier molecular flexibility index (Phi) is 5.45. The minimum absolute atomic E-state index is 0.0104. The van der Waals surface area contributed by atoms with Crippen LogP contribution in [0.4, 0.5) is 0 Å². The summed E-state index contributed by atoms with van der Waals surface area (Å²) in [6, 6.07) is 3.49. The van der Waals surface area contributed by atoms with E-state index in [1.54, 1.807) is 6.07 Å². The van der Waals surface area contributed by atoms with E-state index in [2.05, 4.69) is 20.6 Å². The van der Waals surface area contributed by atoms with Gasteiger partial charge in [0.25, 0.3) is 0 Å². The van der Waals surface area contributed by atoms with Gasteiger partial charge in [0, 0.05) is 18.4 Å². The van der Waals surface area contributed by atoms with Gasteiger partial charge in [0.2, 0.25) is 0 Å². The van der Waals surface area contributed by atoms with Crippen molar-refractivity contribution in [3.05, 3.63) is 50.5 Å². The average Bonchev–Trinajstić information content (AvgIpc) is 3.33. The van der Waals surface area contributed by atoms with Gasteiger partial charge in [-0.15, -0.1) is 0 Å². The first kappa shape index (κ1) is 20.1. The lowest BCUT2D eigenvalue weighted by Crippen LogP contribution is -2.32. The minimum Gasteiger partial charge on any atom is -0.464 e. The summed E-state index contributed by atoms with van der Waals surface area (Å²) in [6.45, 7) is 1.47. The highest BCUT2D eigenvalue weighted by atomic mass is 32.1. The molecule has 0 spiro atoms. The Bertz CT molecular complexity index is 1200. The molecule has 0 radical (unpaired) electrons. The van der Waals surface area contributed by atoms with Gasteiger partial charge in [-0.1, -0.05) is 17.4 Å². The SMILES string of the molecule is COC(=O)c1ccc2nc(CC3CC=C(c4csc(=O)[nH]4)CC3)n(C[C@@H]3CCO3)c2n1. The number of thiazole rings is 1. The summed E-state index contributed by atoms with van der Waals surface area (Å²) in [6.07, 6.45) is 7.17. The number of hydrogen-bond acceptors (Lipinski definition) is 7. The smallest absolute Gasteiger partial charge is 0.356 e. The van der Waals surface area contributed by atoms with Gasteiger partial charge in [-0.3, -0.25) is 4.79 Å². The number of esters is 1. The van der Waals surface area contributed by atoms with Crippen molar-refractivity contribution in [2.75, 3.05) is 13.7 Å². The first-order valence-electron chi connectivity index (χ1n) is 10.5. The van der Waals surface area contributed by atoms with E-state index in [1.165, 1.54) is 24.0 Å². The number of aromatic nitrogens is 4. The molecule has 1 fully saturated rings. The highest BCUT2D eigenvalue weighted by molar-refractivity contribution is 7.07. The second kappa shape index (κ2) is 8.39. The number of carbonyl (C=O) groups excluding carboxylic acids is 1. The largest absolute Gasteiger partial charge is 0.464 e. The van der Waals surface area contributed by atoms with Crippen molar-refractivity contribution in [3.8, 4) is 0 Å². The number of pyridine rings is 1. The molecule has 0 saturated carbocycles. The Labute approximate surface area is 182 Å². The molecule has 1 unspecified atom stereocenters. The van der Waals surface area contributed by atoms with Crippen LogP contribution in [0.3, 0.4) is 0 Å². The molecule has 0 bridgehead atoms. The maximum atomic E-state index is 12.0. The Morgan fingerprint density at radius 3 is 2.87 bits per heavy atom. The molecule has 5 rings (SSSR count). The van der Waals surface area contributed by atoms with Crippen molar-refractivity contribution in [1.82, 2.24) is 19.5 Å². The lowest BCUT2D eigenvalue weighted by atomic mass is 9.86. The number of aromatic amines is 1. The molecule has 4 heterocycles. The molecule has 3 aromatic heterocycles. The van der Waals surface area contributed by atoms with Crippen molar-refractivity contribution in [1.29, 1.82) is 0 Å². The second-order valence-corrected chi connectivity index (χ2v) is 8.93. The van der Waals surface area contributed by atoms with Gasteiger partial charge in [-0.2, -0.15) is 0 Å². The molecule has 1 saturated heterocycles. The van der Waals surface area contributed by atoms with Gasteiger partial charge in [-0.05, 0) is 49.3 Å². The summed E-state index contributed by atoms with van der Waals surface area (Å²) in [5.74, 6) is 0.991. The van der Waals surface area contributed by atoms with Crippen LogP contribution in [0, 0.1) is 5.92 Å². The summed E-state index contributed by atoms with van der Waals surface area (Å²) in [5.41, 5.74) is 3.94. The van der Waals surface area contributed by atoms with E-state index in [4.69, 9.17) is 14.5 Å². The van der Waals surface area contributed by atoms with Crippen molar-refractivity contribution in [2.45, 2.75) is 44.8 Å². The maximum absolute atomic E-state index is 12.0. The van der Waals surface area contributed by atoms with E-state index >= 15 is 0 Å². The number of nitrogens with one attached hydrogen (secondary N) is 1. The topological polar surface area (TPSA) is 99.1 Å². The third kappa shape index (κ3) is 4.07. The van der Waals surface area contributed by atoms with Crippen LogP contribution in [-0.4, -0.2) is 45.3 Å². The first-order chi connectivity index (χ1) is 15.1. The van der Waals surface area contributed by atoms with Crippen molar-refractivity contribution in [2.24, 2.45) is 5.92 Å². The van der Waals surface area contributed by atoms with E-state index in [0.29, 0.717) is 18.1 Å². The van der Waals surface area contributed by atoms with Gasteiger partial charge in [0.1, 0.15) is 11.3 Å². The third-order valence-corrected chi connectivity index (χ3v) is 6.77. The Morgan fingerprint density at radius 2 is 2.23 bits per heavy atom. The van der Waals surface area contributed by atoms with Crippen LogP contribution in [0.25, 0.3) is 16.7 Å². The van der Waals surface area contributed by atoms with Gasteiger partial charge < -0.3 is 19.0 Å². The van der Waals surface area contributed by atoms with E-state index in [1.807, 2.05) is 11.4 Å². The number of hydrogen-bond donors (Lipinski definition) is 1. The summed E-state index contributed by atoms with van der Waals surface area (Å²) in [7, 11) is 1.36. The minimum atomic E-state index is -0.451. The van der Waals surface area contributed by atoms with Crippen LogP contribution >= 0.6 is 11.3 Å². The maximum Gasteiger partial charge on any atom is 0.356 e. The third-order valence-electron chi connectivity index (χ3n) is 6.10. The zero-order chi connectivity index (χ0) is 21.4. The van der Waals surface area contributed by atoms with Crippen LogP contribution in [0.15, 0.2) is 28.4 Å². The quantitative estimate of drug-likeness (QED) is 0.591.